The predicted octanol–water partition coefficient (Wildman–Crippen LogP) is 6.71. The summed E-state index contributed by atoms with van der Waals surface area (Å²) >= 11 is 0. The molecule has 1 heterocycles. The maximum absolute atomic E-state index is 13.0. The molecule has 0 N–H and O–H groups in total. The van der Waals surface area contributed by atoms with E-state index < -0.39 is 11.7 Å². The fraction of sp³-hybridized carbons (Fsp3) is 0.0417. The third-order valence-electron chi connectivity index (χ3n) is 4.71. The molecule has 0 aliphatic rings. The Hall–Kier alpha value is -3.78. The van der Waals surface area contributed by atoms with Crippen LogP contribution in [0.5, 0.6) is 0 Å². The topological polar surface area (TPSA) is 28.7 Å². The lowest BCUT2D eigenvalue weighted by Crippen LogP contribution is -2.05. The maximum atomic E-state index is 13.0. The van der Waals surface area contributed by atoms with Crippen LogP contribution >= 0.6 is 0 Å². The molecular weight excluding hydrogens is 373 g/mol. The van der Waals surface area contributed by atoms with Crippen LogP contribution in [-0.4, -0.2) is 4.57 Å². The molecule has 0 unspecified atom stereocenters. The zero-order chi connectivity index (χ0) is 20.4. The van der Waals surface area contributed by atoms with Gasteiger partial charge < -0.3 is 4.57 Å². The molecule has 0 aliphatic heterocycles. The van der Waals surface area contributed by atoms with Gasteiger partial charge in [-0.2, -0.15) is 18.4 Å². The second-order valence-electron chi connectivity index (χ2n) is 6.58. The van der Waals surface area contributed by atoms with Crippen LogP contribution in [-0.2, 0) is 6.18 Å². The lowest BCUT2D eigenvalue weighted by atomic mass is 10.0. The summed E-state index contributed by atoms with van der Waals surface area (Å²) in [5.74, 6) is 0. The highest BCUT2D eigenvalue weighted by atomic mass is 19.4. The molecule has 1 aromatic heterocycles. The van der Waals surface area contributed by atoms with Crippen molar-refractivity contribution in [2.45, 2.75) is 6.18 Å². The van der Waals surface area contributed by atoms with Crippen LogP contribution in [0.15, 0.2) is 85.1 Å². The number of hydrogen-bond donors (Lipinski definition) is 0. The zero-order valence-electron chi connectivity index (χ0n) is 15.2. The van der Waals surface area contributed by atoms with Crippen molar-refractivity contribution >= 4 is 22.4 Å². The molecule has 0 radical (unpaired) electrons. The van der Waals surface area contributed by atoms with E-state index in [2.05, 4.69) is 0 Å². The Kier molecular flexibility index (Phi) is 4.69. The maximum Gasteiger partial charge on any atom is 0.416 e. The van der Waals surface area contributed by atoms with E-state index in [4.69, 9.17) is 0 Å². The number of allylic oxidation sites excluding steroid dienone is 1. The van der Waals surface area contributed by atoms with Crippen molar-refractivity contribution in [2.75, 3.05) is 0 Å². The average Bonchev–Trinajstić information content (AvgIpc) is 3.19. The van der Waals surface area contributed by atoms with Crippen molar-refractivity contribution in [1.82, 2.24) is 4.57 Å². The van der Waals surface area contributed by atoms with Crippen molar-refractivity contribution in [3.8, 4) is 11.8 Å². The summed E-state index contributed by atoms with van der Waals surface area (Å²) in [6, 6.07) is 24.5. The molecule has 3 aromatic carbocycles. The van der Waals surface area contributed by atoms with Crippen LogP contribution in [0.1, 0.15) is 16.8 Å². The summed E-state index contributed by atoms with van der Waals surface area (Å²) in [6.07, 6.45) is -0.996. The molecule has 142 valence electrons. The van der Waals surface area contributed by atoms with Crippen LogP contribution < -0.4 is 0 Å². The number of aromatic nitrogens is 1. The molecule has 0 amide bonds. The van der Waals surface area contributed by atoms with Gasteiger partial charge in [0.1, 0.15) is 0 Å². The van der Waals surface area contributed by atoms with E-state index in [9.17, 15) is 18.4 Å². The summed E-state index contributed by atoms with van der Waals surface area (Å²) in [4.78, 5) is 0. The van der Waals surface area contributed by atoms with Gasteiger partial charge in [0.05, 0.1) is 17.2 Å². The van der Waals surface area contributed by atoms with Gasteiger partial charge in [0.25, 0.3) is 0 Å². The van der Waals surface area contributed by atoms with E-state index in [-0.39, 0.29) is 11.1 Å². The Morgan fingerprint density at radius 2 is 1.66 bits per heavy atom. The van der Waals surface area contributed by atoms with Gasteiger partial charge in [-0.05, 0) is 58.8 Å². The standard InChI is InChI=1S/C24H15F3N2/c25-24(26,27)21-8-3-7-18(13-21)20(16-28)15-22-9-4-12-29(22)23-11-10-17-5-1-2-6-19(17)14-23/h1-15H/b20-15-. The summed E-state index contributed by atoms with van der Waals surface area (Å²) in [5.41, 5.74) is 1.22. The zero-order valence-corrected chi connectivity index (χ0v) is 15.2. The number of fused-ring (bicyclic) bond motifs is 1. The van der Waals surface area contributed by atoms with Gasteiger partial charge in [0.2, 0.25) is 0 Å². The van der Waals surface area contributed by atoms with E-state index in [1.165, 1.54) is 12.1 Å². The number of nitrogens with zero attached hydrogens (tertiary/aromatic N) is 2. The van der Waals surface area contributed by atoms with E-state index in [0.29, 0.717) is 5.69 Å². The molecule has 0 spiro atoms. The smallest absolute Gasteiger partial charge is 0.317 e. The molecule has 29 heavy (non-hydrogen) atoms. The first-order valence-corrected chi connectivity index (χ1v) is 8.92. The molecule has 4 rings (SSSR count). The second-order valence-corrected chi connectivity index (χ2v) is 6.58. The lowest BCUT2D eigenvalue weighted by Gasteiger charge is -2.10. The first-order valence-electron chi connectivity index (χ1n) is 8.92. The molecular formula is C24H15F3N2. The highest BCUT2D eigenvalue weighted by molar-refractivity contribution is 5.90. The molecule has 2 nitrogen and oxygen atoms in total. The van der Waals surface area contributed by atoms with Crippen LogP contribution in [0.2, 0.25) is 0 Å². The van der Waals surface area contributed by atoms with Gasteiger partial charge in [0.15, 0.2) is 0 Å². The van der Waals surface area contributed by atoms with Gasteiger partial charge in [-0.15, -0.1) is 0 Å². The fourth-order valence-electron chi connectivity index (χ4n) is 3.26. The van der Waals surface area contributed by atoms with Crippen molar-refractivity contribution in [3.05, 3.63) is 102 Å². The molecule has 4 aromatic rings. The van der Waals surface area contributed by atoms with E-state index >= 15 is 0 Å². The van der Waals surface area contributed by atoms with Gasteiger partial charge in [0, 0.05) is 17.6 Å². The van der Waals surface area contributed by atoms with Crippen LogP contribution in [0.25, 0.3) is 28.1 Å². The Bertz CT molecular complexity index is 1260. The molecule has 0 saturated heterocycles. The molecule has 5 heteroatoms. The highest BCUT2D eigenvalue weighted by Crippen LogP contribution is 2.31. The number of benzene rings is 3. The molecule has 0 fully saturated rings. The van der Waals surface area contributed by atoms with Crippen molar-refractivity contribution in [2.24, 2.45) is 0 Å². The summed E-state index contributed by atoms with van der Waals surface area (Å²) in [6.45, 7) is 0. The number of halogens is 3. The largest absolute Gasteiger partial charge is 0.416 e. The first kappa shape index (κ1) is 18.6. The van der Waals surface area contributed by atoms with Crippen LogP contribution in [0, 0.1) is 11.3 Å². The number of alkyl halides is 3. The van der Waals surface area contributed by atoms with Gasteiger partial charge in [-0.1, -0.05) is 42.5 Å². The Morgan fingerprint density at radius 3 is 2.41 bits per heavy atom. The third kappa shape index (κ3) is 3.78. The number of hydrogen-bond acceptors (Lipinski definition) is 1. The lowest BCUT2D eigenvalue weighted by molar-refractivity contribution is -0.137. The summed E-state index contributed by atoms with van der Waals surface area (Å²) < 4.78 is 41.0. The molecule has 0 bridgehead atoms. The first-order chi connectivity index (χ1) is 14.0. The summed E-state index contributed by atoms with van der Waals surface area (Å²) in [7, 11) is 0. The minimum absolute atomic E-state index is 0.164. The van der Waals surface area contributed by atoms with E-state index in [1.807, 2.05) is 71.4 Å². The van der Waals surface area contributed by atoms with E-state index in [1.54, 1.807) is 6.08 Å². The number of rotatable bonds is 3. The Morgan fingerprint density at radius 1 is 0.862 bits per heavy atom. The quantitative estimate of drug-likeness (QED) is 0.358. The summed E-state index contributed by atoms with van der Waals surface area (Å²) in [5, 5.41) is 11.8. The van der Waals surface area contributed by atoms with Crippen molar-refractivity contribution < 1.29 is 13.2 Å². The second kappa shape index (κ2) is 7.33. The third-order valence-corrected chi connectivity index (χ3v) is 4.71. The predicted molar refractivity (Wildman–Crippen MR) is 108 cm³/mol. The van der Waals surface area contributed by atoms with Crippen LogP contribution in [0.3, 0.4) is 0 Å². The normalized spacial score (nSPS) is 12.1. The van der Waals surface area contributed by atoms with Crippen molar-refractivity contribution in [3.63, 3.8) is 0 Å². The monoisotopic (exact) mass is 388 g/mol. The Labute approximate surface area is 165 Å². The van der Waals surface area contributed by atoms with Crippen LogP contribution in [0.4, 0.5) is 13.2 Å². The molecule has 0 atom stereocenters. The SMILES string of the molecule is N#C/C(=C/c1cccn1-c1ccc2ccccc2c1)c1cccc(C(F)(F)F)c1. The number of nitriles is 1. The fourth-order valence-corrected chi connectivity index (χ4v) is 3.26. The average molecular weight is 388 g/mol. The molecule has 0 saturated carbocycles. The Balaban J connectivity index is 1.77. The highest BCUT2D eigenvalue weighted by Gasteiger charge is 2.30. The minimum Gasteiger partial charge on any atom is -0.317 e. The van der Waals surface area contributed by atoms with Gasteiger partial charge in [-0.25, -0.2) is 0 Å². The van der Waals surface area contributed by atoms with Gasteiger partial charge >= 0.3 is 6.18 Å². The van der Waals surface area contributed by atoms with E-state index in [0.717, 1.165) is 28.6 Å². The minimum atomic E-state index is -4.46. The van der Waals surface area contributed by atoms with Gasteiger partial charge in [-0.3, -0.25) is 0 Å². The molecule has 0 aliphatic carbocycles. The van der Waals surface area contributed by atoms with Crippen molar-refractivity contribution in [1.29, 1.82) is 5.26 Å².